The second-order valence-corrected chi connectivity index (χ2v) is 5.28. The van der Waals surface area contributed by atoms with Crippen molar-refractivity contribution in [1.82, 2.24) is 14.5 Å². The van der Waals surface area contributed by atoms with Gasteiger partial charge in [-0.2, -0.15) is 0 Å². The van der Waals surface area contributed by atoms with Crippen LogP contribution in [0.3, 0.4) is 0 Å². The van der Waals surface area contributed by atoms with Gasteiger partial charge in [0, 0.05) is 19.8 Å². The molecule has 1 fully saturated rings. The number of nitrogens with one attached hydrogen (secondary N) is 1. The van der Waals surface area contributed by atoms with Crippen molar-refractivity contribution < 1.29 is 0 Å². The highest BCUT2D eigenvalue weighted by Crippen LogP contribution is 2.19. The van der Waals surface area contributed by atoms with Gasteiger partial charge in [0.05, 0.1) is 5.69 Å². The van der Waals surface area contributed by atoms with Crippen LogP contribution < -0.4 is 5.32 Å². The Morgan fingerprint density at radius 3 is 2.65 bits per heavy atom. The van der Waals surface area contributed by atoms with Crippen molar-refractivity contribution in [3.05, 3.63) is 11.9 Å². The maximum absolute atomic E-state index is 4.45. The fraction of sp³-hybridized carbons (Fsp3) is 0.769. The molecular formula is C13H24N4. The first kappa shape index (κ1) is 12.4. The summed E-state index contributed by atoms with van der Waals surface area (Å²) in [4.78, 5) is 6.87. The van der Waals surface area contributed by atoms with Crippen LogP contribution in [0.15, 0.2) is 6.20 Å². The molecule has 1 aliphatic heterocycles. The molecule has 0 radical (unpaired) electrons. The molecule has 1 aromatic rings. The average Bonchev–Trinajstić information content (AvgIpc) is 2.60. The van der Waals surface area contributed by atoms with Crippen LogP contribution in [0, 0.1) is 12.8 Å². The minimum absolute atomic E-state index is 0.889. The number of hydrogen-bond donors (Lipinski definition) is 1. The standard InChI is InChI=1S/C13H24N4/c1-11-10-17(3)13(15-11)14-7-4-12-5-8-16(2)9-6-12/h10,12H,4-9H2,1-3H3,(H,14,15). The Morgan fingerprint density at radius 1 is 1.35 bits per heavy atom. The average molecular weight is 236 g/mol. The molecule has 4 nitrogen and oxygen atoms in total. The lowest BCUT2D eigenvalue weighted by Gasteiger charge is -2.28. The number of likely N-dealkylation sites (tertiary alicyclic amines) is 1. The van der Waals surface area contributed by atoms with Crippen LogP contribution in [0.25, 0.3) is 0 Å². The molecule has 4 heteroatoms. The lowest BCUT2D eigenvalue weighted by atomic mass is 9.94. The van der Waals surface area contributed by atoms with E-state index < -0.39 is 0 Å². The monoisotopic (exact) mass is 236 g/mol. The van der Waals surface area contributed by atoms with E-state index in [2.05, 4.69) is 33.0 Å². The lowest BCUT2D eigenvalue weighted by molar-refractivity contribution is 0.215. The first-order valence-corrected chi connectivity index (χ1v) is 6.57. The van der Waals surface area contributed by atoms with Crippen molar-refractivity contribution >= 4 is 5.95 Å². The zero-order chi connectivity index (χ0) is 12.3. The van der Waals surface area contributed by atoms with Crippen LogP contribution in [0.5, 0.6) is 0 Å². The highest BCUT2D eigenvalue weighted by Gasteiger charge is 2.16. The SMILES string of the molecule is Cc1cn(C)c(NCCC2CCN(C)CC2)n1. The van der Waals surface area contributed by atoms with Crippen molar-refractivity contribution in [2.75, 3.05) is 32.0 Å². The van der Waals surface area contributed by atoms with Crippen molar-refractivity contribution in [3.63, 3.8) is 0 Å². The number of hydrogen-bond acceptors (Lipinski definition) is 3. The predicted octanol–water partition coefficient (Wildman–Crippen LogP) is 1.87. The molecule has 0 unspecified atom stereocenters. The number of anilines is 1. The van der Waals surface area contributed by atoms with Crippen molar-refractivity contribution in [1.29, 1.82) is 0 Å². The Hall–Kier alpha value is -1.03. The molecule has 1 saturated heterocycles. The Balaban J connectivity index is 1.71. The predicted molar refractivity (Wildman–Crippen MR) is 71.3 cm³/mol. The third kappa shape index (κ3) is 3.46. The molecule has 0 atom stereocenters. The molecule has 1 aromatic heterocycles. The normalized spacial score (nSPS) is 18.5. The van der Waals surface area contributed by atoms with E-state index >= 15 is 0 Å². The summed E-state index contributed by atoms with van der Waals surface area (Å²) < 4.78 is 2.06. The van der Waals surface area contributed by atoms with Gasteiger partial charge in [-0.25, -0.2) is 4.98 Å². The minimum atomic E-state index is 0.889. The summed E-state index contributed by atoms with van der Waals surface area (Å²) >= 11 is 0. The molecule has 1 aliphatic rings. The number of rotatable bonds is 4. The van der Waals surface area contributed by atoms with Gasteiger partial charge in [-0.05, 0) is 52.2 Å². The molecule has 0 aromatic carbocycles. The Kier molecular flexibility index (Phi) is 4.05. The Morgan fingerprint density at radius 2 is 2.06 bits per heavy atom. The van der Waals surface area contributed by atoms with Gasteiger partial charge in [0.25, 0.3) is 0 Å². The second-order valence-electron chi connectivity index (χ2n) is 5.28. The number of piperidine rings is 1. The number of imidazole rings is 1. The van der Waals surface area contributed by atoms with E-state index in [0.717, 1.165) is 24.1 Å². The van der Waals surface area contributed by atoms with E-state index in [4.69, 9.17) is 0 Å². The topological polar surface area (TPSA) is 33.1 Å². The van der Waals surface area contributed by atoms with E-state index in [0.29, 0.717) is 0 Å². The molecule has 2 heterocycles. The van der Waals surface area contributed by atoms with E-state index in [9.17, 15) is 0 Å². The summed E-state index contributed by atoms with van der Waals surface area (Å²) in [6.45, 7) is 5.58. The van der Waals surface area contributed by atoms with Crippen LogP contribution >= 0.6 is 0 Å². The van der Waals surface area contributed by atoms with Gasteiger partial charge in [0.15, 0.2) is 0 Å². The summed E-state index contributed by atoms with van der Waals surface area (Å²) in [6, 6.07) is 0. The molecule has 0 amide bonds. The quantitative estimate of drug-likeness (QED) is 0.866. The van der Waals surface area contributed by atoms with E-state index in [-0.39, 0.29) is 0 Å². The third-order valence-corrected chi connectivity index (χ3v) is 3.67. The van der Waals surface area contributed by atoms with Gasteiger partial charge >= 0.3 is 0 Å². The largest absolute Gasteiger partial charge is 0.356 e. The fourth-order valence-electron chi connectivity index (χ4n) is 2.52. The molecule has 0 saturated carbocycles. The van der Waals surface area contributed by atoms with Gasteiger partial charge in [-0.15, -0.1) is 0 Å². The second kappa shape index (κ2) is 5.54. The number of aromatic nitrogens is 2. The Labute approximate surface area is 104 Å². The maximum atomic E-state index is 4.45. The molecule has 96 valence electrons. The number of nitrogens with zero attached hydrogens (tertiary/aromatic N) is 3. The van der Waals surface area contributed by atoms with Crippen LogP contribution in [0.1, 0.15) is 25.0 Å². The molecule has 2 rings (SSSR count). The molecule has 0 bridgehead atoms. The highest BCUT2D eigenvalue weighted by molar-refractivity contribution is 5.27. The summed E-state index contributed by atoms with van der Waals surface area (Å²) in [5.41, 5.74) is 1.08. The van der Waals surface area contributed by atoms with Gasteiger partial charge in [0.1, 0.15) is 0 Å². The Bertz CT molecular complexity index is 350. The van der Waals surface area contributed by atoms with Gasteiger partial charge < -0.3 is 14.8 Å². The maximum Gasteiger partial charge on any atom is 0.202 e. The smallest absolute Gasteiger partial charge is 0.202 e. The summed E-state index contributed by atoms with van der Waals surface area (Å²) in [7, 11) is 4.25. The van der Waals surface area contributed by atoms with Crippen LogP contribution in [0.4, 0.5) is 5.95 Å². The first-order chi connectivity index (χ1) is 8.15. The molecule has 1 N–H and O–H groups in total. The van der Waals surface area contributed by atoms with E-state index in [1.807, 2.05) is 14.0 Å². The first-order valence-electron chi connectivity index (χ1n) is 6.57. The molecule has 0 spiro atoms. The fourth-order valence-corrected chi connectivity index (χ4v) is 2.52. The van der Waals surface area contributed by atoms with Crippen molar-refractivity contribution in [2.24, 2.45) is 13.0 Å². The highest BCUT2D eigenvalue weighted by atomic mass is 15.2. The summed E-state index contributed by atoms with van der Waals surface area (Å²) in [6.07, 6.45) is 6.01. The van der Waals surface area contributed by atoms with Crippen LogP contribution in [-0.4, -0.2) is 41.1 Å². The van der Waals surface area contributed by atoms with Gasteiger partial charge in [0.2, 0.25) is 5.95 Å². The summed E-state index contributed by atoms with van der Waals surface area (Å²) in [5, 5.41) is 3.43. The van der Waals surface area contributed by atoms with Crippen molar-refractivity contribution in [2.45, 2.75) is 26.2 Å². The van der Waals surface area contributed by atoms with E-state index in [1.54, 1.807) is 0 Å². The minimum Gasteiger partial charge on any atom is -0.356 e. The zero-order valence-electron chi connectivity index (χ0n) is 11.2. The third-order valence-electron chi connectivity index (χ3n) is 3.67. The van der Waals surface area contributed by atoms with E-state index in [1.165, 1.54) is 32.4 Å². The van der Waals surface area contributed by atoms with Crippen LogP contribution in [-0.2, 0) is 7.05 Å². The molecular weight excluding hydrogens is 212 g/mol. The number of aryl methyl sites for hydroxylation is 2. The lowest BCUT2D eigenvalue weighted by Crippen LogP contribution is -2.30. The zero-order valence-corrected chi connectivity index (χ0v) is 11.2. The van der Waals surface area contributed by atoms with Gasteiger partial charge in [-0.3, -0.25) is 0 Å². The van der Waals surface area contributed by atoms with Crippen molar-refractivity contribution in [3.8, 4) is 0 Å². The van der Waals surface area contributed by atoms with Crippen LogP contribution in [0.2, 0.25) is 0 Å². The molecule has 17 heavy (non-hydrogen) atoms. The van der Waals surface area contributed by atoms with Gasteiger partial charge in [-0.1, -0.05) is 0 Å². The summed E-state index contributed by atoms with van der Waals surface area (Å²) in [5.74, 6) is 1.88. The molecule has 0 aliphatic carbocycles.